The average molecular weight is 315 g/mol. The van der Waals surface area contributed by atoms with Crippen molar-refractivity contribution in [1.29, 1.82) is 0 Å². The summed E-state index contributed by atoms with van der Waals surface area (Å²) in [5.41, 5.74) is 13.1. The Labute approximate surface area is 144 Å². The summed E-state index contributed by atoms with van der Waals surface area (Å²) in [5.74, 6) is 0. The Kier molecular flexibility index (Phi) is 4.19. The van der Waals surface area contributed by atoms with Crippen LogP contribution in [0.3, 0.4) is 0 Å². The second-order valence-electron chi connectivity index (χ2n) is 6.93. The van der Waals surface area contributed by atoms with Crippen molar-refractivity contribution in [2.45, 2.75) is 34.6 Å². The standard InChI is InChI=1S/C23H25N/c1-14(2)12-18-6-8-22-20(16(18)4)10-11-21-17(5)19(13-15(3)24)7-9-23(21)22/h6-13H,24H2,1-5H3/b15-13+. The molecule has 0 saturated carbocycles. The summed E-state index contributed by atoms with van der Waals surface area (Å²) < 4.78 is 0. The maximum absolute atomic E-state index is 5.86. The predicted molar refractivity (Wildman–Crippen MR) is 108 cm³/mol. The van der Waals surface area contributed by atoms with Gasteiger partial charge in [0.15, 0.2) is 0 Å². The first-order valence-electron chi connectivity index (χ1n) is 8.43. The summed E-state index contributed by atoms with van der Waals surface area (Å²) in [7, 11) is 0. The lowest BCUT2D eigenvalue weighted by atomic mass is 9.92. The molecule has 0 heterocycles. The molecule has 0 aliphatic carbocycles. The quantitative estimate of drug-likeness (QED) is 0.548. The van der Waals surface area contributed by atoms with Gasteiger partial charge in [-0.25, -0.2) is 0 Å². The highest BCUT2D eigenvalue weighted by molar-refractivity contribution is 6.10. The molecule has 3 rings (SSSR count). The summed E-state index contributed by atoms with van der Waals surface area (Å²) >= 11 is 0. The minimum Gasteiger partial charge on any atom is -0.402 e. The van der Waals surface area contributed by atoms with Crippen LogP contribution in [0.25, 0.3) is 33.7 Å². The fourth-order valence-corrected chi connectivity index (χ4v) is 3.43. The molecular weight excluding hydrogens is 290 g/mol. The van der Waals surface area contributed by atoms with E-state index in [1.54, 1.807) is 0 Å². The summed E-state index contributed by atoms with van der Waals surface area (Å²) in [6.07, 6.45) is 4.30. The molecule has 0 amide bonds. The van der Waals surface area contributed by atoms with Gasteiger partial charge in [-0.2, -0.15) is 0 Å². The van der Waals surface area contributed by atoms with E-state index in [-0.39, 0.29) is 0 Å². The lowest BCUT2D eigenvalue weighted by Gasteiger charge is -2.13. The van der Waals surface area contributed by atoms with Crippen molar-refractivity contribution < 1.29 is 0 Å². The number of benzene rings is 3. The van der Waals surface area contributed by atoms with Crippen molar-refractivity contribution in [3.63, 3.8) is 0 Å². The van der Waals surface area contributed by atoms with Crippen LogP contribution < -0.4 is 5.73 Å². The monoisotopic (exact) mass is 315 g/mol. The fourth-order valence-electron chi connectivity index (χ4n) is 3.43. The smallest absolute Gasteiger partial charge is 0.00549 e. The van der Waals surface area contributed by atoms with Crippen LogP contribution in [-0.2, 0) is 0 Å². The van der Waals surface area contributed by atoms with Crippen molar-refractivity contribution in [3.8, 4) is 0 Å². The van der Waals surface area contributed by atoms with Crippen LogP contribution >= 0.6 is 0 Å². The summed E-state index contributed by atoms with van der Waals surface area (Å²) in [6, 6.07) is 13.4. The zero-order valence-corrected chi connectivity index (χ0v) is 15.2. The first kappa shape index (κ1) is 16.3. The van der Waals surface area contributed by atoms with Crippen LogP contribution in [-0.4, -0.2) is 0 Å². The summed E-state index contributed by atoms with van der Waals surface area (Å²) in [5, 5.41) is 5.25. The van der Waals surface area contributed by atoms with Gasteiger partial charge in [-0.1, -0.05) is 48.0 Å². The van der Waals surface area contributed by atoms with E-state index >= 15 is 0 Å². The van der Waals surface area contributed by atoms with E-state index in [4.69, 9.17) is 5.73 Å². The highest BCUT2D eigenvalue weighted by atomic mass is 14.5. The Morgan fingerprint density at radius 3 is 1.50 bits per heavy atom. The molecule has 1 nitrogen and oxygen atoms in total. The molecule has 3 aromatic carbocycles. The summed E-state index contributed by atoms with van der Waals surface area (Å²) in [4.78, 5) is 0. The van der Waals surface area contributed by atoms with E-state index in [2.05, 4.69) is 70.2 Å². The number of rotatable bonds is 2. The molecule has 24 heavy (non-hydrogen) atoms. The first-order chi connectivity index (χ1) is 11.4. The van der Waals surface area contributed by atoms with Crippen molar-refractivity contribution in [3.05, 3.63) is 69.9 Å². The molecule has 122 valence electrons. The fraction of sp³-hybridized carbons (Fsp3) is 0.217. The average Bonchev–Trinajstić information content (AvgIpc) is 2.51. The number of fused-ring (bicyclic) bond motifs is 3. The normalized spacial score (nSPS) is 12.0. The minimum atomic E-state index is 0.834. The van der Waals surface area contributed by atoms with Gasteiger partial charge in [0.1, 0.15) is 0 Å². The largest absolute Gasteiger partial charge is 0.402 e. The zero-order valence-electron chi connectivity index (χ0n) is 15.2. The van der Waals surface area contributed by atoms with Crippen LogP contribution in [0.2, 0.25) is 0 Å². The van der Waals surface area contributed by atoms with Crippen LogP contribution in [0, 0.1) is 13.8 Å². The Bertz CT molecular complexity index is 913. The molecule has 0 atom stereocenters. The second kappa shape index (κ2) is 6.16. The van der Waals surface area contributed by atoms with Gasteiger partial charge in [0, 0.05) is 5.70 Å². The number of allylic oxidation sites excluding steroid dienone is 2. The molecule has 1 heteroatoms. The predicted octanol–water partition coefficient (Wildman–Crippen LogP) is 6.35. The van der Waals surface area contributed by atoms with Gasteiger partial charge in [0.05, 0.1) is 0 Å². The second-order valence-corrected chi connectivity index (χ2v) is 6.93. The molecule has 0 radical (unpaired) electrons. The number of aryl methyl sites for hydroxylation is 2. The Morgan fingerprint density at radius 1 is 0.667 bits per heavy atom. The lowest BCUT2D eigenvalue weighted by molar-refractivity contribution is 1.33. The third-order valence-corrected chi connectivity index (χ3v) is 4.65. The van der Waals surface area contributed by atoms with Gasteiger partial charge in [0.25, 0.3) is 0 Å². The van der Waals surface area contributed by atoms with Gasteiger partial charge in [0.2, 0.25) is 0 Å². The topological polar surface area (TPSA) is 26.0 Å². The van der Waals surface area contributed by atoms with E-state index in [0.29, 0.717) is 0 Å². The minimum absolute atomic E-state index is 0.834. The molecule has 0 aliphatic heterocycles. The first-order valence-corrected chi connectivity index (χ1v) is 8.43. The third kappa shape index (κ3) is 2.82. The molecule has 0 saturated heterocycles. The highest BCUT2D eigenvalue weighted by Gasteiger charge is 2.08. The van der Waals surface area contributed by atoms with Crippen LogP contribution in [0.1, 0.15) is 43.0 Å². The van der Waals surface area contributed by atoms with Crippen LogP contribution in [0.4, 0.5) is 0 Å². The van der Waals surface area contributed by atoms with E-state index in [0.717, 1.165) is 5.70 Å². The Morgan fingerprint density at radius 2 is 1.08 bits per heavy atom. The van der Waals surface area contributed by atoms with Gasteiger partial charge >= 0.3 is 0 Å². The molecule has 3 aromatic rings. The molecule has 2 N–H and O–H groups in total. The van der Waals surface area contributed by atoms with Crippen LogP contribution in [0.5, 0.6) is 0 Å². The maximum atomic E-state index is 5.86. The van der Waals surface area contributed by atoms with Gasteiger partial charge in [-0.3, -0.25) is 0 Å². The van der Waals surface area contributed by atoms with Gasteiger partial charge in [-0.05, 0) is 84.5 Å². The molecule has 0 aliphatic rings. The lowest BCUT2D eigenvalue weighted by Crippen LogP contribution is -1.92. The number of nitrogens with two attached hydrogens (primary N) is 1. The van der Waals surface area contributed by atoms with E-state index < -0.39 is 0 Å². The van der Waals surface area contributed by atoms with Crippen molar-refractivity contribution >= 4 is 33.7 Å². The maximum Gasteiger partial charge on any atom is 0.00549 e. The summed E-state index contributed by atoms with van der Waals surface area (Å²) in [6.45, 7) is 10.6. The van der Waals surface area contributed by atoms with Crippen molar-refractivity contribution in [2.24, 2.45) is 5.73 Å². The SMILES string of the molecule is CC(C)=Cc1ccc2c(ccc3c(C)c(/C=C(\C)N)ccc32)c1C. The third-order valence-electron chi connectivity index (χ3n) is 4.65. The van der Waals surface area contributed by atoms with Crippen molar-refractivity contribution in [2.75, 3.05) is 0 Å². The van der Waals surface area contributed by atoms with Crippen LogP contribution in [0.15, 0.2) is 47.7 Å². The van der Waals surface area contributed by atoms with Gasteiger partial charge < -0.3 is 5.73 Å². The van der Waals surface area contributed by atoms with E-state index in [1.807, 2.05) is 13.0 Å². The van der Waals surface area contributed by atoms with Gasteiger partial charge in [-0.15, -0.1) is 0 Å². The molecular formula is C23H25N. The molecule has 0 unspecified atom stereocenters. The number of hydrogen-bond acceptors (Lipinski definition) is 1. The van der Waals surface area contributed by atoms with Crippen molar-refractivity contribution in [1.82, 2.24) is 0 Å². The van der Waals surface area contributed by atoms with E-state index in [9.17, 15) is 0 Å². The number of hydrogen-bond donors (Lipinski definition) is 1. The molecule has 0 fully saturated rings. The molecule has 0 aromatic heterocycles. The Hall–Kier alpha value is -2.54. The Balaban J connectivity index is 2.33. The molecule has 0 bridgehead atoms. The molecule has 0 spiro atoms. The van der Waals surface area contributed by atoms with E-state index in [1.165, 1.54) is 49.4 Å². The highest BCUT2D eigenvalue weighted by Crippen LogP contribution is 2.33. The zero-order chi connectivity index (χ0) is 17.4.